The van der Waals surface area contributed by atoms with E-state index in [2.05, 4.69) is 5.32 Å². The summed E-state index contributed by atoms with van der Waals surface area (Å²) in [6.07, 6.45) is 4.77. The Balaban J connectivity index is 1.64. The summed E-state index contributed by atoms with van der Waals surface area (Å²) in [5.74, 6) is 0.311. The predicted octanol–water partition coefficient (Wildman–Crippen LogP) is 0.128. The molecule has 0 aromatic carbocycles. The third-order valence-corrected chi connectivity index (χ3v) is 3.79. The summed E-state index contributed by atoms with van der Waals surface area (Å²) in [4.78, 5) is 14.2. The zero-order valence-electron chi connectivity index (χ0n) is 8.95. The van der Waals surface area contributed by atoms with Gasteiger partial charge in [-0.3, -0.25) is 4.79 Å². The summed E-state index contributed by atoms with van der Waals surface area (Å²) in [5.41, 5.74) is 0. The molecule has 4 nitrogen and oxygen atoms in total. The highest BCUT2D eigenvalue weighted by atomic mass is 16.5. The quantitative estimate of drug-likeness (QED) is 0.669. The first kappa shape index (κ1) is 9.60. The fraction of sp³-hybridized carbons (Fsp3) is 0.909. The molecule has 2 bridgehead atoms. The SMILES string of the molecule is O=C(C1CCCCN1)N1CC2CC1CO2. The van der Waals surface area contributed by atoms with Crippen molar-refractivity contribution in [2.24, 2.45) is 0 Å². The van der Waals surface area contributed by atoms with Crippen LogP contribution in [0.15, 0.2) is 0 Å². The number of carbonyl (C=O) groups excluding carboxylic acids is 1. The van der Waals surface area contributed by atoms with E-state index >= 15 is 0 Å². The molecule has 3 rings (SSSR count). The van der Waals surface area contributed by atoms with Gasteiger partial charge in [0, 0.05) is 6.54 Å². The molecule has 0 spiro atoms. The average Bonchev–Trinajstić information content (AvgIpc) is 2.91. The van der Waals surface area contributed by atoms with Gasteiger partial charge in [-0.05, 0) is 25.8 Å². The number of fused-ring (bicyclic) bond motifs is 2. The van der Waals surface area contributed by atoms with Crippen molar-refractivity contribution in [2.75, 3.05) is 19.7 Å². The lowest BCUT2D eigenvalue weighted by molar-refractivity contribution is -0.138. The van der Waals surface area contributed by atoms with E-state index in [-0.39, 0.29) is 6.04 Å². The number of rotatable bonds is 1. The number of hydrogen-bond acceptors (Lipinski definition) is 3. The number of hydrogen-bond donors (Lipinski definition) is 1. The van der Waals surface area contributed by atoms with Crippen LogP contribution in [-0.4, -0.2) is 48.7 Å². The van der Waals surface area contributed by atoms with Crippen molar-refractivity contribution in [3.05, 3.63) is 0 Å². The van der Waals surface area contributed by atoms with Gasteiger partial charge >= 0.3 is 0 Å². The molecule has 0 aliphatic carbocycles. The lowest BCUT2D eigenvalue weighted by Crippen LogP contribution is -2.52. The van der Waals surface area contributed by atoms with E-state index in [1.54, 1.807) is 0 Å². The van der Waals surface area contributed by atoms with Crippen LogP contribution in [0.3, 0.4) is 0 Å². The average molecular weight is 210 g/mol. The van der Waals surface area contributed by atoms with Crippen molar-refractivity contribution >= 4 is 5.91 Å². The molecule has 3 aliphatic heterocycles. The van der Waals surface area contributed by atoms with E-state index in [1.165, 1.54) is 12.8 Å². The van der Waals surface area contributed by atoms with Gasteiger partial charge in [0.05, 0.1) is 24.8 Å². The van der Waals surface area contributed by atoms with Gasteiger partial charge in [0.25, 0.3) is 0 Å². The molecule has 3 saturated heterocycles. The van der Waals surface area contributed by atoms with Gasteiger partial charge < -0.3 is 15.0 Å². The Morgan fingerprint density at radius 3 is 2.93 bits per heavy atom. The van der Waals surface area contributed by atoms with Gasteiger partial charge in [0.2, 0.25) is 5.91 Å². The summed E-state index contributed by atoms with van der Waals surface area (Å²) in [5, 5.41) is 3.32. The van der Waals surface area contributed by atoms with Gasteiger partial charge in [-0.25, -0.2) is 0 Å². The minimum atomic E-state index is 0.0816. The van der Waals surface area contributed by atoms with Crippen molar-refractivity contribution in [3.63, 3.8) is 0 Å². The number of ether oxygens (including phenoxy) is 1. The fourth-order valence-electron chi connectivity index (χ4n) is 2.93. The Hall–Kier alpha value is -0.610. The second kappa shape index (κ2) is 3.76. The molecule has 0 radical (unpaired) electrons. The summed E-state index contributed by atoms with van der Waals surface area (Å²) in [7, 11) is 0. The van der Waals surface area contributed by atoms with Gasteiger partial charge in [-0.15, -0.1) is 0 Å². The molecule has 4 heteroatoms. The third kappa shape index (κ3) is 1.66. The number of amides is 1. The van der Waals surface area contributed by atoms with Crippen LogP contribution in [0, 0.1) is 0 Å². The van der Waals surface area contributed by atoms with Crippen LogP contribution in [0.2, 0.25) is 0 Å². The molecule has 0 aromatic heterocycles. The van der Waals surface area contributed by atoms with Crippen LogP contribution in [0.1, 0.15) is 25.7 Å². The number of piperidine rings is 1. The van der Waals surface area contributed by atoms with Crippen molar-refractivity contribution in [1.82, 2.24) is 10.2 Å². The minimum absolute atomic E-state index is 0.0816. The Kier molecular flexibility index (Phi) is 2.41. The van der Waals surface area contributed by atoms with Crippen molar-refractivity contribution in [2.45, 2.75) is 43.9 Å². The maximum absolute atomic E-state index is 12.2. The highest BCUT2D eigenvalue weighted by Crippen LogP contribution is 2.28. The highest BCUT2D eigenvalue weighted by molar-refractivity contribution is 5.82. The van der Waals surface area contributed by atoms with E-state index in [0.29, 0.717) is 18.1 Å². The first-order chi connectivity index (χ1) is 7.34. The zero-order chi connectivity index (χ0) is 10.3. The molecule has 84 valence electrons. The Bertz CT molecular complexity index is 263. The van der Waals surface area contributed by atoms with E-state index in [1.807, 2.05) is 4.90 Å². The molecular formula is C11H18N2O2. The molecule has 3 atom stereocenters. The number of morpholine rings is 1. The van der Waals surface area contributed by atoms with Crippen LogP contribution >= 0.6 is 0 Å². The zero-order valence-corrected chi connectivity index (χ0v) is 8.95. The first-order valence-corrected chi connectivity index (χ1v) is 6.00. The normalized spacial score (nSPS) is 39.7. The van der Waals surface area contributed by atoms with E-state index in [9.17, 15) is 4.79 Å². The van der Waals surface area contributed by atoms with Crippen LogP contribution in [0.25, 0.3) is 0 Å². The number of nitrogens with one attached hydrogen (secondary N) is 1. The fourth-order valence-corrected chi connectivity index (χ4v) is 2.93. The van der Waals surface area contributed by atoms with Crippen LogP contribution in [0.5, 0.6) is 0 Å². The van der Waals surface area contributed by atoms with E-state index in [0.717, 1.165) is 32.5 Å². The molecular weight excluding hydrogens is 192 g/mol. The van der Waals surface area contributed by atoms with Crippen molar-refractivity contribution < 1.29 is 9.53 Å². The molecule has 15 heavy (non-hydrogen) atoms. The number of likely N-dealkylation sites (tertiary alicyclic amines) is 1. The largest absolute Gasteiger partial charge is 0.374 e. The van der Waals surface area contributed by atoms with Gasteiger partial charge in [0.1, 0.15) is 0 Å². The van der Waals surface area contributed by atoms with Gasteiger partial charge in [-0.1, -0.05) is 6.42 Å². The second-order valence-electron chi connectivity index (χ2n) is 4.84. The standard InChI is InChI=1S/C11H18N2O2/c14-11(10-3-1-2-4-12-10)13-6-9-5-8(13)7-15-9/h8-10,12H,1-7H2. The van der Waals surface area contributed by atoms with E-state index in [4.69, 9.17) is 4.74 Å². The molecule has 1 amide bonds. The molecule has 0 aromatic rings. The monoisotopic (exact) mass is 210 g/mol. The Morgan fingerprint density at radius 2 is 2.33 bits per heavy atom. The lowest BCUT2D eigenvalue weighted by Gasteiger charge is -2.32. The Labute approximate surface area is 90.0 Å². The minimum Gasteiger partial charge on any atom is -0.374 e. The van der Waals surface area contributed by atoms with Crippen LogP contribution in [-0.2, 0) is 9.53 Å². The highest BCUT2D eigenvalue weighted by Gasteiger charge is 2.43. The maximum atomic E-state index is 12.2. The van der Waals surface area contributed by atoms with Crippen LogP contribution < -0.4 is 5.32 Å². The summed E-state index contributed by atoms with van der Waals surface area (Å²) in [6.45, 7) is 2.57. The van der Waals surface area contributed by atoms with E-state index < -0.39 is 0 Å². The van der Waals surface area contributed by atoms with Crippen molar-refractivity contribution in [1.29, 1.82) is 0 Å². The van der Waals surface area contributed by atoms with Gasteiger partial charge in [-0.2, -0.15) is 0 Å². The Morgan fingerprint density at radius 1 is 1.40 bits per heavy atom. The summed E-state index contributed by atoms with van der Waals surface area (Å²) in [6, 6.07) is 0.448. The summed E-state index contributed by atoms with van der Waals surface area (Å²) < 4.78 is 5.51. The smallest absolute Gasteiger partial charge is 0.240 e. The topological polar surface area (TPSA) is 41.6 Å². The van der Waals surface area contributed by atoms with Gasteiger partial charge in [0.15, 0.2) is 0 Å². The molecule has 3 heterocycles. The molecule has 0 saturated carbocycles. The second-order valence-corrected chi connectivity index (χ2v) is 4.84. The molecule has 1 N–H and O–H groups in total. The number of nitrogens with zero attached hydrogens (tertiary/aromatic N) is 1. The first-order valence-electron chi connectivity index (χ1n) is 6.00. The molecule has 3 aliphatic rings. The van der Waals surface area contributed by atoms with Crippen molar-refractivity contribution in [3.8, 4) is 0 Å². The number of carbonyl (C=O) groups is 1. The molecule has 3 unspecified atom stereocenters. The maximum Gasteiger partial charge on any atom is 0.240 e. The summed E-state index contributed by atoms with van der Waals surface area (Å²) >= 11 is 0. The molecule has 3 fully saturated rings. The predicted molar refractivity (Wildman–Crippen MR) is 55.5 cm³/mol. The lowest BCUT2D eigenvalue weighted by atomic mass is 10.0. The third-order valence-electron chi connectivity index (χ3n) is 3.79. The van der Waals surface area contributed by atoms with Crippen LogP contribution in [0.4, 0.5) is 0 Å².